The van der Waals surface area contributed by atoms with Gasteiger partial charge in [-0.2, -0.15) is 5.10 Å². The molecule has 0 aliphatic rings. The van der Waals surface area contributed by atoms with E-state index in [2.05, 4.69) is 22.4 Å². The first kappa shape index (κ1) is 15.0. The van der Waals surface area contributed by atoms with Gasteiger partial charge in [0.25, 0.3) is 0 Å². The first-order valence-electron chi connectivity index (χ1n) is 7.26. The average Bonchev–Trinajstić information content (AvgIpc) is 3.02. The van der Waals surface area contributed by atoms with Crippen molar-refractivity contribution < 1.29 is 9.23 Å². The van der Waals surface area contributed by atoms with Gasteiger partial charge < -0.3 is 4.84 Å². The molecule has 116 valence electrons. The van der Waals surface area contributed by atoms with E-state index < -0.39 is 0 Å². The van der Waals surface area contributed by atoms with Gasteiger partial charge in [0.1, 0.15) is 12.4 Å². The molecule has 3 rings (SSSR count). The second kappa shape index (κ2) is 7.35. The molecule has 3 aromatic rings. The molecule has 1 heterocycles. The average molecular weight is 309 g/mol. The highest BCUT2D eigenvalue weighted by molar-refractivity contribution is 5.78. The minimum atomic E-state index is -0.261. The van der Waals surface area contributed by atoms with E-state index in [1.54, 1.807) is 24.5 Å². The van der Waals surface area contributed by atoms with Crippen LogP contribution in [0.5, 0.6) is 0 Å². The molecular formula is C18H16FN3O. The largest absolute Gasteiger partial charge is 0.391 e. The van der Waals surface area contributed by atoms with Gasteiger partial charge in [-0.3, -0.25) is 4.68 Å². The Morgan fingerprint density at radius 3 is 2.61 bits per heavy atom. The Morgan fingerprint density at radius 1 is 1.04 bits per heavy atom. The molecule has 5 heteroatoms. The molecule has 2 aromatic carbocycles. The number of nitrogens with zero attached hydrogens (tertiary/aromatic N) is 3. The van der Waals surface area contributed by atoms with Crippen molar-refractivity contribution in [2.45, 2.75) is 13.2 Å². The van der Waals surface area contributed by atoms with E-state index in [0.29, 0.717) is 13.2 Å². The van der Waals surface area contributed by atoms with Crippen molar-refractivity contribution >= 4 is 6.21 Å². The van der Waals surface area contributed by atoms with E-state index in [9.17, 15) is 4.39 Å². The Balaban J connectivity index is 1.51. The molecule has 0 unspecified atom stereocenters. The molecule has 0 saturated carbocycles. The maximum atomic E-state index is 12.8. The van der Waals surface area contributed by atoms with Crippen LogP contribution < -0.4 is 0 Å². The third-order valence-corrected chi connectivity index (χ3v) is 3.26. The molecule has 1 aromatic heterocycles. The van der Waals surface area contributed by atoms with E-state index in [4.69, 9.17) is 4.84 Å². The highest BCUT2D eigenvalue weighted by Crippen LogP contribution is 2.05. The van der Waals surface area contributed by atoms with Crippen LogP contribution in [0.25, 0.3) is 0 Å². The van der Waals surface area contributed by atoms with Gasteiger partial charge in [0.05, 0.1) is 19.0 Å². The predicted molar refractivity (Wildman–Crippen MR) is 86.6 cm³/mol. The van der Waals surface area contributed by atoms with Crippen LogP contribution in [0.3, 0.4) is 0 Å². The van der Waals surface area contributed by atoms with Crippen LogP contribution in [-0.2, 0) is 18.0 Å². The summed E-state index contributed by atoms with van der Waals surface area (Å²) in [6, 6.07) is 16.2. The zero-order valence-corrected chi connectivity index (χ0v) is 12.5. The molecule has 0 aliphatic heterocycles. The molecule has 0 N–H and O–H groups in total. The summed E-state index contributed by atoms with van der Waals surface area (Å²) < 4.78 is 14.6. The Bertz CT molecular complexity index is 766. The lowest BCUT2D eigenvalue weighted by Gasteiger charge is -2.00. The van der Waals surface area contributed by atoms with E-state index in [1.807, 2.05) is 29.1 Å². The third-order valence-electron chi connectivity index (χ3n) is 3.26. The van der Waals surface area contributed by atoms with E-state index >= 15 is 0 Å². The zero-order chi connectivity index (χ0) is 15.9. The van der Waals surface area contributed by atoms with E-state index in [0.717, 1.165) is 11.1 Å². The highest BCUT2D eigenvalue weighted by atomic mass is 19.1. The fraction of sp³-hybridized carbons (Fsp3) is 0.111. The number of hydrogen-bond donors (Lipinski definition) is 0. The van der Waals surface area contributed by atoms with Crippen LogP contribution in [0.4, 0.5) is 4.39 Å². The topological polar surface area (TPSA) is 39.4 Å². The summed E-state index contributed by atoms with van der Waals surface area (Å²) >= 11 is 0. The Kier molecular flexibility index (Phi) is 4.79. The summed E-state index contributed by atoms with van der Waals surface area (Å²) in [5, 5.41) is 8.19. The molecule has 4 nitrogen and oxygen atoms in total. The Morgan fingerprint density at radius 2 is 1.83 bits per heavy atom. The fourth-order valence-corrected chi connectivity index (χ4v) is 2.09. The molecule has 0 radical (unpaired) electrons. The van der Waals surface area contributed by atoms with Crippen LogP contribution in [-0.4, -0.2) is 16.0 Å². The summed E-state index contributed by atoms with van der Waals surface area (Å²) in [5.41, 5.74) is 2.91. The van der Waals surface area contributed by atoms with Crippen LogP contribution in [0.2, 0.25) is 0 Å². The van der Waals surface area contributed by atoms with Gasteiger partial charge in [-0.1, -0.05) is 47.6 Å². The molecule has 0 amide bonds. The predicted octanol–water partition coefficient (Wildman–Crippen LogP) is 3.62. The van der Waals surface area contributed by atoms with Crippen molar-refractivity contribution in [2.75, 3.05) is 0 Å². The number of benzene rings is 2. The monoisotopic (exact) mass is 309 g/mol. The first-order valence-corrected chi connectivity index (χ1v) is 7.26. The van der Waals surface area contributed by atoms with Crippen molar-refractivity contribution in [3.8, 4) is 0 Å². The smallest absolute Gasteiger partial charge is 0.142 e. The van der Waals surface area contributed by atoms with Crippen molar-refractivity contribution in [3.63, 3.8) is 0 Å². The maximum Gasteiger partial charge on any atom is 0.142 e. The minimum absolute atomic E-state index is 0.261. The van der Waals surface area contributed by atoms with Crippen molar-refractivity contribution in [1.82, 2.24) is 9.78 Å². The lowest BCUT2D eigenvalue weighted by Crippen LogP contribution is -1.99. The van der Waals surface area contributed by atoms with Gasteiger partial charge in [0.2, 0.25) is 0 Å². The summed E-state index contributed by atoms with van der Waals surface area (Å²) in [7, 11) is 0. The third kappa shape index (κ3) is 4.51. The van der Waals surface area contributed by atoms with Crippen LogP contribution in [0.1, 0.15) is 16.7 Å². The molecule has 0 saturated heterocycles. The number of aromatic nitrogens is 2. The van der Waals surface area contributed by atoms with Gasteiger partial charge in [-0.05, 0) is 23.3 Å². The lowest BCUT2D eigenvalue weighted by molar-refractivity contribution is 0.132. The minimum Gasteiger partial charge on any atom is -0.391 e. The number of halogens is 1. The highest BCUT2D eigenvalue weighted by Gasteiger charge is 1.98. The summed E-state index contributed by atoms with van der Waals surface area (Å²) in [5.74, 6) is -0.261. The number of hydrogen-bond acceptors (Lipinski definition) is 3. The standard InChI is InChI=1S/C18H16FN3O/c19-18-8-6-16(7-9-18)14-23-21-11-17-10-20-22(13-17)12-15-4-2-1-3-5-15/h1-11,13H,12,14H2/b21-11+. The second-order valence-corrected chi connectivity index (χ2v) is 5.09. The van der Waals surface area contributed by atoms with E-state index in [1.165, 1.54) is 17.7 Å². The van der Waals surface area contributed by atoms with Gasteiger partial charge >= 0.3 is 0 Å². The normalized spacial score (nSPS) is 11.0. The van der Waals surface area contributed by atoms with Gasteiger partial charge in [0, 0.05) is 11.8 Å². The molecule has 0 atom stereocenters. The number of rotatable bonds is 6. The summed E-state index contributed by atoms with van der Waals surface area (Å²) in [6.07, 6.45) is 5.24. The molecule has 0 aliphatic carbocycles. The Hall–Kier alpha value is -2.95. The number of oxime groups is 1. The van der Waals surface area contributed by atoms with Crippen molar-refractivity contribution in [2.24, 2.45) is 5.16 Å². The van der Waals surface area contributed by atoms with Crippen molar-refractivity contribution in [3.05, 3.63) is 89.5 Å². The van der Waals surface area contributed by atoms with Crippen LogP contribution in [0.15, 0.2) is 72.1 Å². The molecule has 0 bridgehead atoms. The van der Waals surface area contributed by atoms with Gasteiger partial charge in [-0.25, -0.2) is 4.39 Å². The quantitative estimate of drug-likeness (QED) is 0.515. The van der Waals surface area contributed by atoms with Crippen molar-refractivity contribution in [1.29, 1.82) is 0 Å². The molecular weight excluding hydrogens is 293 g/mol. The molecule has 23 heavy (non-hydrogen) atoms. The SMILES string of the molecule is Fc1ccc(CO/N=C/c2cnn(Cc3ccccc3)c2)cc1. The van der Waals surface area contributed by atoms with Crippen LogP contribution in [0, 0.1) is 5.82 Å². The zero-order valence-electron chi connectivity index (χ0n) is 12.5. The van der Waals surface area contributed by atoms with Gasteiger partial charge in [-0.15, -0.1) is 0 Å². The fourth-order valence-electron chi connectivity index (χ4n) is 2.09. The Labute approximate surface area is 133 Å². The maximum absolute atomic E-state index is 12.8. The van der Waals surface area contributed by atoms with E-state index in [-0.39, 0.29) is 5.82 Å². The molecule has 0 spiro atoms. The second-order valence-electron chi connectivity index (χ2n) is 5.09. The lowest BCUT2D eigenvalue weighted by atomic mass is 10.2. The molecule has 0 fully saturated rings. The van der Waals surface area contributed by atoms with Gasteiger partial charge in [0.15, 0.2) is 0 Å². The first-order chi connectivity index (χ1) is 11.3. The summed E-state index contributed by atoms with van der Waals surface area (Å²) in [6.45, 7) is 1.01. The van der Waals surface area contributed by atoms with Crippen LogP contribution >= 0.6 is 0 Å². The summed E-state index contributed by atoms with van der Waals surface area (Å²) in [4.78, 5) is 5.20.